The number of hydrogen-bond acceptors (Lipinski definition) is 2. The molecule has 98 valence electrons. The molecule has 0 radical (unpaired) electrons. The first kappa shape index (κ1) is 12.9. The fourth-order valence-electron chi connectivity index (χ4n) is 2.59. The third-order valence-corrected chi connectivity index (χ3v) is 4.19. The fourth-order valence-corrected chi connectivity index (χ4v) is 3.18. The van der Waals surface area contributed by atoms with Crippen molar-refractivity contribution < 1.29 is 0 Å². The first-order valence-corrected chi connectivity index (χ1v) is 7.46. The molecule has 1 heterocycles. The van der Waals surface area contributed by atoms with E-state index < -0.39 is 0 Å². The Morgan fingerprint density at radius 2 is 2.00 bits per heavy atom. The van der Waals surface area contributed by atoms with Crippen molar-refractivity contribution in [2.24, 2.45) is 0 Å². The number of nitrogens with one attached hydrogen (secondary N) is 1. The van der Waals surface area contributed by atoms with Gasteiger partial charge in [0.1, 0.15) is 4.60 Å². The highest BCUT2D eigenvalue weighted by atomic mass is 79.9. The molecule has 1 aromatic carbocycles. The summed E-state index contributed by atoms with van der Waals surface area (Å²) in [6, 6.07) is 10.6. The van der Waals surface area contributed by atoms with E-state index in [2.05, 4.69) is 44.4 Å². The quantitative estimate of drug-likeness (QED) is 0.822. The van der Waals surface area contributed by atoms with Crippen LogP contribution in [0.15, 0.2) is 34.9 Å². The summed E-state index contributed by atoms with van der Waals surface area (Å²) in [5.41, 5.74) is 4.87. The highest BCUT2D eigenvalue weighted by Gasteiger charge is 2.21. The number of benzene rings is 1. The molecule has 3 rings (SSSR count). The second-order valence-corrected chi connectivity index (χ2v) is 6.18. The highest BCUT2D eigenvalue weighted by molar-refractivity contribution is 9.10. The normalized spacial score (nSPS) is 17.3. The minimum absolute atomic E-state index is 0.426. The van der Waals surface area contributed by atoms with Crippen molar-refractivity contribution in [2.45, 2.75) is 25.8 Å². The molecule has 0 saturated heterocycles. The summed E-state index contributed by atoms with van der Waals surface area (Å²) < 4.78 is 0.872. The van der Waals surface area contributed by atoms with Gasteiger partial charge in [-0.1, -0.05) is 17.7 Å². The van der Waals surface area contributed by atoms with E-state index in [1.807, 2.05) is 19.1 Å². The van der Waals surface area contributed by atoms with Gasteiger partial charge in [-0.25, -0.2) is 4.98 Å². The van der Waals surface area contributed by atoms with Crippen molar-refractivity contribution in [3.8, 4) is 0 Å². The summed E-state index contributed by atoms with van der Waals surface area (Å²) in [4.78, 5) is 4.41. The van der Waals surface area contributed by atoms with Gasteiger partial charge in [-0.2, -0.15) is 0 Å². The van der Waals surface area contributed by atoms with Crippen molar-refractivity contribution in [3.63, 3.8) is 0 Å². The molecule has 1 aromatic heterocycles. The molecule has 0 amide bonds. The molecule has 1 unspecified atom stereocenters. The summed E-state index contributed by atoms with van der Waals surface area (Å²) in [5, 5.41) is 4.40. The topological polar surface area (TPSA) is 24.9 Å². The van der Waals surface area contributed by atoms with E-state index in [1.54, 1.807) is 0 Å². The van der Waals surface area contributed by atoms with Gasteiger partial charge in [-0.05, 0) is 71.1 Å². The van der Waals surface area contributed by atoms with Gasteiger partial charge in [0, 0.05) is 11.1 Å². The van der Waals surface area contributed by atoms with Crippen LogP contribution in [0, 0.1) is 6.92 Å². The number of pyridine rings is 1. The first-order chi connectivity index (χ1) is 9.11. The second-order valence-electron chi connectivity index (χ2n) is 4.93. The Morgan fingerprint density at radius 1 is 1.21 bits per heavy atom. The molecule has 1 aliphatic rings. The highest BCUT2D eigenvalue weighted by Crippen LogP contribution is 2.28. The van der Waals surface area contributed by atoms with Gasteiger partial charge in [0.15, 0.2) is 0 Å². The summed E-state index contributed by atoms with van der Waals surface area (Å²) in [6.07, 6.45) is 2.06. The maximum atomic E-state index is 6.04. The molecular weight excluding hydrogens is 324 g/mol. The molecule has 1 atom stereocenters. The second kappa shape index (κ2) is 5.14. The molecule has 19 heavy (non-hydrogen) atoms. The van der Waals surface area contributed by atoms with E-state index in [9.17, 15) is 0 Å². The Kier molecular flexibility index (Phi) is 3.50. The van der Waals surface area contributed by atoms with Crippen LogP contribution in [-0.2, 0) is 12.8 Å². The molecule has 1 N–H and O–H groups in total. The van der Waals surface area contributed by atoms with Gasteiger partial charge in [-0.3, -0.25) is 0 Å². The molecule has 4 heteroatoms. The Hall–Kier alpha value is -1.06. The fraction of sp³-hybridized carbons (Fsp3) is 0.267. The first-order valence-electron chi connectivity index (χ1n) is 6.29. The molecule has 2 nitrogen and oxygen atoms in total. The average Bonchev–Trinajstić information content (AvgIpc) is 2.74. The minimum atomic E-state index is 0.426. The number of anilines is 1. The van der Waals surface area contributed by atoms with Gasteiger partial charge >= 0.3 is 0 Å². The monoisotopic (exact) mass is 336 g/mol. The van der Waals surface area contributed by atoms with E-state index in [1.165, 1.54) is 11.1 Å². The van der Waals surface area contributed by atoms with Gasteiger partial charge in [0.2, 0.25) is 0 Å². The number of halogens is 2. The lowest BCUT2D eigenvalue weighted by Crippen LogP contribution is -2.20. The van der Waals surface area contributed by atoms with Crippen molar-refractivity contribution in [2.75, 3.05) is 5.32 Å². The number of aromatic nitrogens is 1. The summed E-state index contributed by atoms with van der Waals surface area (Å²) in [5.74, 6) is 0. The van der Waals surface area contributed by atoms with E-state index in [-0.39, 0.29) is 0 Å². The molecule has 1 aliphatic carbocycles. The van der Waals surface area contributed by atoms with E-state index in [4.69, 9.17) is 11.6 Å². The molecule has 2 aromatic rings. The van der Waals surface area contributed by atoms with Crippen molar-refractivity contribution >= 4 is 33.2 Å². The third-order valence-electron chi connectivity index (χ3n) is 3.51. The number of nitrogens with zero attached hydrogens (tertiary/aromatic N) is 1. The van der Waals surface area contributed by atoms with Crippen LogP contribution in [0.25, 0.3) is 0 Å². The Morgan fingerprint density at radius 3 is 2.79 bits per heavy atom. The standard InChI is InChI=1S/C15H14BrClN2/c1-9-14(4-5-15(16)18-9)19-13-7-10-2-3-12(17)6-11(10)8-13/h2-6,13,19H,7-8H2,1H3. The Labute approximate surface area is 126 Å². The van der Waals surface area contributed by atoms with Crippen LogP contribution in [0.5, 0.6) is 0 Å². The predicted octanol–water partition coefficient (Wildman–Crippen LogP) is 4.39. The zero-order valence-corrected chi connectivity index (χ0v) is 12.9. The average molecular weight is 338 g/mol. The summed E-state index contributed by atoms with van der Waals surface area (Å²) in [6.45, 7) is 2.02. The van der Waals surface area contributed by atoms with E-state index >= 15 is 0 Å². The lowest BCUT2D eigenvalue weighted by atomic mass is 10.1. The van der Waals surface area contributed by atoms with Gasteiger partial charge in [-0.15, -0.1) is 0 Å². The Bertz CT molecular complexity index is 628. The van der Waals surface area contributed by atoms with Crippen molar-refractivity contribution in [1.82, 2.24) is 4.98 Å². The number of fused-ring (bicyclic) bond motifs is 1. The van der Waals surface area contributed by atoms with Crippen LogP contribution in [0.2, 0.25) is 5.02 Å². The van der Waals surface area contributed by atoms with Crippen molar-refractivity contribution in [1.29, 1.82) is 0 Å². The zero-order chi connectivity index (χ0) is 13.4. The van der Waals surface area contributed by atoms with Crippen LogP contribution in [0.4, 0.5) is 5.69 Å². The lowest BCUT2D eigenvalue weighted by Gasteiger charge is -2.15. The van der Waals surface area contributed by atoms with Crippen LogP contribution in [0.3, 0.4) is 0 Å². The largest absolute Gasteiger partial charge is 0.380 e. The molecule has 0 bridgehead atoms. The van der Waals surface area contributed by atoms with Crippen LogP contribution in [0.1, 0.15) is 16.8 Å². The van der Waals surface area contributed by atoms with Gasteiger partial charge in [0.05, 0.1) is 11.4 Å². The zero-order valence-electron chi connectivity index (χ0n) is 10.6. The summed E-state index contributed by atoms with van der Waals surface area (Å²) >= 11 is 9.42. The molecule has 0 aliphatic heterocycles. The SMILES string of the molecule is Cc1nc(Br)ccc1NC1Cc2ccc(Cl)cc2C1. The number of hydrogen-bond donors (Lipinski definition) is 1. The predicted molar refractivity (Wildman–Crippen MR) is 82.9 cm³/mol. The molecule has 0 spiro atoms. The molecular formula is C15H14BrClN2. The van der Waals surface area contributed by atoms with E-state index in [0.717, 1.165) is 33.8 Å². The molecule has 0 fully saturated rings. The summed E-state index contributed by atoms with van der Waals surface area (Å²) in [7, 11) is 0. The van der Waals surface area contributed by atoms with Crippen molar-refractivity contribution in [3.05, 3.63) is 56.8 Å². The van der Waals surface area contributed by atoms with Gasteiger partial charge < -0.3 is 5.32 Å². The van der Waals surface area contributed by atoms with Crippen LogP contribution in [-0.4, -0.2) is 11.0 Å². The number of rotatable bonds is 2. The maximum absolute atomic E-state index is 6.04. The smallest absolute Gasteiger partial charge is 0.106 e. The van der Waals surface area contributed by atoms with Gasteiger partial charge in [0.25, 0.3) is 0 Å². The number of aryl methyl sites for hydroxylation is 1. The van der Waals surface area contributed by atoms with Crippen LogP contribution < -0.4 is 5.32 Å². The maximum Gasteiger partial charge on any atom is 0.106 e. The third kappa shape index (κ3) is 2.77. The van der Waals surface area contributed by atoms with Crippen LogP contribution >= 0.6 is 27.5 Å². The Balaban J connectivity index is 1.77. The minimum Gasteiger partial charge on any atom is -0.380 e. The lowest BCUT2D eigenvalue weighted by molar-refractivity contribution is 0.771. The molecule has 0 saturated carbocycles. The van der Waals surface area contributed by atoms with E-state index in [0.29, 0.717) is 6.04 Å².